The average molecular weight is 271 g/mol. The van der Waals surface area contributed by atoms with E-state index in [4.69, 9.17) is 22.2 Å². The quantitative estimate of drug-likeness (QED) is 0.570. The van der Waals surface area contributed by atoms with E-state index in [2.05, 4.69) is 6.58 Å². The van der Waals surface area contributed by atoms with Crippen LogP contribution >= 0.6 is 22.2 Å². The number of benzene rings is 1. The minimum Gasteiger partial charge on any atom is -0.166 e. The fourth-order valence-corrected chi connectivity index (χ4v) is 2.60. The lowest BCUT2D eigenvalue weighted by atomic mass is 10.2. The third kappa shape index (κ3) is 3.00. The Morgan fingerprint density at radius 1 is 1.13 bits per heavy atom. The van der Waals surface area contributed by atoms with E-state index in [1.807, 2.05) is 0 Å². The lowest BCUT2D eigenvalue weighted by Crippen LogP contribution is -2.34. The second kappa shape index (κ2) is 4.20. The number of rotatable bonds is 2. The van der Waals surface area contributed by atoms with Crippen molar-refractivity contribution in [2.24, 2.45) is 0 Å². The van der Waals surface area contributed by atoms with E-state index in [1.165, 1.54) is 17.8 Å². The molecule has 0 bridgehead atoms. The molecule has 1 aromatic rings. The Bertz CT molecular complexity index is 357. The van der Waals surface area contributed by atoms with Crippen LogP contribution in [0.2, 0.25) is 0 Å². The Morgan fingerprint density at radius 2 is 1.60 bits per heavy atom. The lowest BCUT2D eigenvalue weighted by molar-refractivity contribution is -0.137. The van der Waals surface area contributed by atoms with Gasteiger partial charge >= 0.3 is 12.9 Å². The van der Waals surface area contributed by atoms with Crippen molar-refractivity contribution in [1.82, 2.24) is 0 Å². The monoisotopic (exact) mass is 270 g/mol. The lowest BCUT2D eigenvalue weighted by Gasteiger charge is -2.13. The molecular formula is C9H7Cl2F3Si. The molecular weight excluding hydrogens is 264 g/mol. The molecule has 0 aliphatic carbocycles. The summed E-state index contributed by atoms with van der Waals surface area (Å²) in [6.07, 6.45) is -4.34. The maximum absolute atomic E-state index is 12.2. The van der Waals surface area contributed by atoms with Crippen LogP contribution in [0.5, 0.6) is 0 Å². The van der Waals surface area contributed by atoms with E-state index in [1.54, 1.807) is 0 Å². The molecule has 0 amide bonds. The van der Waals surface area contributed by atoms with Gasteiger partial charge in [0.1, 0.15) is 0 Å². The van der Waals surface area contributed by atoms with Gasteiger partial charge in [-0.05, 0) is 5.19 Å². The van der Waals surface area contributed by atoms with E-state index in [0.29, 0.717) is 5.19 Å². The Labute approximate surface area is 95.7 Å². The number of halogens is 5. The van der Waals surface area contributed by atoms with Crippen molar-refractivity contribution in [2.45, 2.75) is 6.18 Å². The zero-order chi connectivity index (χ0) is 11.7. The number of alkyl halides is 3. The first-order valence-electron chi connectivity index (χ1n) is 3.96. The molecule has 0 unspecified atom stereocenters. The van der Waals surface area contributed by atoms with Crippen LogP contribution in [-0.4, -0.2) is 6.69 Å². The van der Waals surface area contributed by atoms with Crippen molar-refractivity contribution in [3.8, 4) is 0 Å². The highest BCUT2D eigenvalue weighted by molar-refractivity contribution is 7.53. The van der Waals surface area contributed by atoms with Crippen LogP contribution < -0.4 is 5.19 Å². The van der Waals surface area contributed by atoms with Gasteiger partial charge in [0.15, 0.2) is 0 Å². The van der Waals surface area contributed by atoms with Crippen molar-refractivity contribution in [3.05, 3.63) is 42.1 Å². The van der Waals surface area contributed by atoms with Gasteiger partial charge < -0.3 is 0 Å². The molecule has 1 aromatic carbocycles. The number of hydrogen-bond acceptors (Lipinski definition) is 0. The molecule has 0 atom stereocenters. The Kier molecular flexibility index (Phi) is 3.53. The molecule has 0 aliphatic heterocycles. The topological polar surface area (TPSA) is 0 Å². The molecule has 0 aromatic heterocycles. The van der Waals surface area contributed by atoms with E-state index < -0.39 is 18.4 Å². The van der Waals surface area contributed by atoms with Gasteiger partial charge in [0.05, 0.1) is 5.56 Å². The summed E-state index contributed by atoms with van der Waals surface area (Å²) < 4.78 is 36.7. The fraction of sp³-hybridized carbons (Fsp3) is 0.111. The smallest absolute Gasteiger partial charge is 0.166 e. The first-order chi connectivity index (χ1) is 6.77. The van der Waals surface area contributed by atoms with Crippen LogP contribution in [0.15, 0.2) is 36.5 Å². The van der Waals surface area contributed by atoms with Gasteiger partial charge in [0, 0.05) is 0 Å². The summed E-state index contributed by atoms with van der Waals surface area (Å²) in [6.45, 7) is 0.661. The molecule has 0 N–H and O–H groups in total. The van der Waals surface area contributed by atoms with E-state index in [9.17, 15) is 13.2 Å². The molecule has 0 radical (unpaired) electrons. The first kappa shape index (κ1) is 12.6. The van der Waals surface area contributed by atoms with Gasteiger partial charge in [-0.2, -0.15) is 13.2 Å². The van der Waals surface area contributed by atoms with Gasteiger partial charge in [0.25, 0.3) is 0 Å². The second-order valence-corrected chi connectivity index (χ2v) is 9.29. The predicted octanol–water partition coefficient (Wildman–Crippen LogP) is 3.56. The second-order valence-electron chi connectivity index (χ2n) is 2.90. The Balaban J connectivity index is 3.06. The molecule has 0 heterocycles. The highest BCUT2D eigenvalue weighted by Crippen LogP contribution is 2.29. The summed E-state index contributed by atoms with van der Waals surface area (Å²) in [5.41, 5.74) is 0.673. The fourth-order valence-electron chi connectivity index (χ4n) is 0.999. The molecule has 0 saturated carbocycles. The van der Waals surface area contributed by atoms with Gasteiger partial charge in [-0.1, -0.05) is 30.0 Å². The molecule has 0 saturated heterocycles. The van der Waals surface area contributed by atoms with E-state index in [-0.39, 0.29) is 0 Å². The van der Waals surface area contributed by atoms with Crippen LogP contribution in [-0.2, 0) is 6.18 Å². The minimum absolute atomic E-state index is 0.494. The number of hydrogen-bond donors (Lipinski definition) is 0. The molecule has 1 rings (SSSR count). The van der Waals surface area contributed by atoms with Crippen LogP contribution in [0, 0.1) is 0 Å². The van der Waals surface area contributed by atoms with Crippen molar-refractivity contribution < 1.29 is 13.2 Å². The molecule has 15 heavy (non-hydrogen) atoms. The van der Waals surface area contributed by atoms with Crippen molar-refractivity contribution in [3.63, 3.8) is 0 Å². The summed E-state index contributed by atoms with van der Waals surface area (Å²) in [4.78, 5) is 0. The van der Waals surface area contributed by atoms with Crippen LogP contribution in [0.3, 0.4) is 0 Å². The Hall–Kier alpha value is -0.453. The van der Waals surface area contributed by atoms with Gasteiger partial charge in [-0.25, -0.2) is 0 Å². The van der Waals surface area contributed by atoms with Crippen molar-refractivity contribution in [1.29, 1.82) is 0 Å². The molecule has 0 nitrogen and oxygen atoms in total. The zero-order valence-corrected chi connectivity index (χ0v) is 10.00. The average Bonchev–Trinajstić information content (AvgIpc) is 2.17. The largest absolute Gasteiger partial charge is 0.416 e. The van der Waals surface area contributed by atoms with Gasteiger partial charge in [0.2, 0.25) is 0 Å². The minimum atomic E-state index is -4.34. The maximum Gasteiger partial charge on any atom is 0.416 e. The predicted molar refractivity (Wildman–Crippen MR) is 58.7 cm³/mol. The summed E-state index contributed by atoms with van der Waals surface area (Å²) in [6, 6.07) is 4.50. The van der Waals surface area contributed by atoms with Crippen LogP contribution in [0.1, 0.15) is 5.56 Å². The standard InChI is InChI=1S/C9H7Cl2F3Si/c1-2-15(10,11)8-5-3-7(4-6-8)9(12,13)14/h2-6H,1H2. The molecule has 0 aliphatic rings. The molecule has 6 heteroatoms. The zero-order valence-electron chi connectivity index (χ0n) is 7.48. The Morgan fingerprint density at radius 3 is 1.93 bits per heavy atom. The van der Waals surface area contributed by atoms with Crippen LogP contribution in [0.25, 0.3) is 0 Å². The highest BCUT2D eigenvalue weighted by atomic mass is 35.7. The van der Waals surface area contributed by atoms with Crippen molar-refractivity contribution >= 4 is 34.0 Å². The molecule has 0 fully saturated rings. The summed E-state index contributed by atoms with van der Waals surface area (Å²) in [5, 5.41) is 0.494. The van der Waals surface area contributed by atoms with Gasteiger partial charge in [-0.15, -0.1) is 28.7 Å². The first-order valence-corrected chi connectivity index (χ1v) is 8.06. The highest BCUT2D eigenvalue weighted by Gasteiger charge is 2.32. The van der Waals surface area contributed by atoms with E-state index in [0.717, 1.165) is 12.1 Å². The van der Waals surface area contributed by atoms with Crippen LogP contribution in [0.4, 0.5) is 13.2 Å². The molecule has 82 valence electrons. The maximum atomic E-state index is 12.2. The summed E-state index contributed by atoms with van der Waals surface area (Å²) >= 11 is 11.8. The third-order valence-electron chi connectivity index (χ3n) is 1.85. The summed E-state index contributed by atoms with van der Waals surface area (Å²) in [5.74, 6) is 0. The third-order valence-corrected chi connectivity index (χ3v) is 5.70. The van der Waals surface area contributed by atoms with Gasteiger partial charge in [-0.3, -0.25) is 0 Å². The SMILES string of the molecule is C=C[Si](Cl)(Cl)c1ccc(C(F)(F)F)cc1. The van der Waals surface area contributed by atoms with Crippen molar-refractivity contribution in [2.75, 3.05) is 0 Å². The van der Waals surface area contributed by atoms with E-state index >= 15 is 0 Å². The molecule has 0 spiro atoms. The normalized spacial score (nSPS) is 12.6. The summed E-state index contributed by atoms with van der Waals surface area (Å²) in [7, 11) is 0.